The third kappa shape index (κ3) is 31.3. The monoisotopic (exact) mass is 1440 g/mol. The highest BCUT2D eigenvalue weighted by molar-refractivity contribution is 7.47. The van der Waals surface area contributed by atoms with Crippen molar-refractivity contribution < 1.29 is 147 Å². The smallest absolute Gasteiger partial charge is 0.394 e. The zero-order valence-electron chi connectivity index (χ0n) is 57.2. The van der Waals surface area contributed by atoms with Gasteiger partial charge in [-0.05, 0) is 25.7 Å². The van der Waals surface area contributed by atoms with E-state index in [-0.39, 0.29) is 13.2 Å². The van der Waals surface area contributed by atoms with E-state index in [0.29, 0.717) is 26.1 Å². The van der Waals surface area contributed by atoms with Crippen LogP contribution in [0, 0.1) is 0 Å². The van der Waals surface area contributed by atoms with Crippen molar-refractivity contribution >= 4 is 15.6 Å². The summed E-state index contributed by atoms with van der Waals surface area (Å²) in [6.45, 7) is 6.68. The van der Waals surface area contributed by atoms with E-state index in [1.54, 1.807) is 0 Å². The van der Waals surface area contributed by atoms with E-state index in [9.17, 15) is 101 Å². The molecular formula is C64H126O30P2. The van der Waals surface area contributed by atoms with Gasteiger partial charge in [-0.3, -0.25) is 18.1 Å². The summed E-state index contributed by atoms with van der Waals surface area (Å²) >= 11 is 0. The average molecular weight is 1440 g/mol. The van der Waals surface area contributed by atoms with Gasteiger partial charge < -0.3 is 120 Å². The average Bonchev–Trinajstić information content (AvgIpc) is 0.781. The summed E-state index contributed by atoms with van der Waals surface area (Å²) in [6.07, 6.45) is -7.43. The number of rotatable bonds is 50. The molecule has 572 valence electrons. The normalized spacial score (nSPS) is 34.6. The summed E-state index contributed by atoms with van der Waals surface area (Å²) in [6, 6.07) is 0. The summed E-state index contributed by atoms with van der Waals surface area (Å²) in [7, 11) is -10.0. The van der Waals surface area contributed by atoms with Gasteiger partial charge in [-0.2, -0.15) is 0 Å². The van der Waals surface area contributed by atoms with Gasteiger partial charge in [0, 0.05) is 13.2 Å². The number of ether oxygens (including phenoxy) is 6. The van der Waals surface area contributed by atoms with E-state index in [2.05, 4.69) is 13.8 Å². The van der Waals surface area contributed by atoms with Gasteiger partial charge in [-0.25, -0.2) is 9.13 Å². The molecule has 32 heteroatoms. The molecule has 12 unspecified atom stereocenters. The Bertz CT molecular complexity index is 1910. The molecule has 2 saturated carbocycles. The van der Waals surface area contributed by atoms with Crippen LogP contribution in [0.25, 0.3) is 0 Å². The van der Waals surface area contributed by atoms with E-state index in [1.807, 2.05) is 13.8 Å². The molecule has 0 aromatic heterocycles. The first kappa shape index (κ1) is 89.6. The second kappa shape index (κ2) is 49.1. The third-order valence-electron chi connectivity index (χ3n) is 18.3. The van der Waals surface area contributed by atoms with Gasteiger partial charge in [-0.1, -0.05) is 195 Å². The Balaban J connectivity index is 0.000000500. The molecule has 96 heavy (non-hydrogen) atoms. The highest BCUT2D eigenvalue weighted by atomic mass is 31.2. The number of hydrogen-bond acceptors (Lipinski definition) is 28. The number of phosphoric ester groups is 2. The van der Waals surface area contributed by atoms with Crippen molar-refractivity contribution in [2.45, 2.75) is 367 Å². The molecule has 30 nitrogen and oxygen atoms in total. The van der Waals surface area contributed by atoms with Crippen LogP contribution in [0.15, 0.2) is 0 Å². The molecule has 18 N–H and O–H groups in total. The molecule has 26 atom stereocenters. The number of aliphatic hydroxyl groups excluding tert-OH is 16. The first-order valence-electron chi connectivity index (χ1n) is 35.7. The third-order valence-corrected chi connectivity index (χ3v) is 20.3. The van der Waals surface area contributed by atoms with Crippen molar-refractivity contribution in [3.8, 4) is 0 Å². The fourth-order valence-corrected chi connectivity index (χ4v) is 13.9. The first-order valence-corrected chi connectivity index (χ1v) is 38.7. The van der Waals surface area contributed by atoms with Crippen molar-refractivity contribution in [3.05, 3.63) is 0 Å². The SMILES string of the molecule is CCCCCCCCCCCCCCCCO[C@H](CC)COP(=O)(O)O[C@@H]1C(O)C(O)[C@@H](O)[C@H](O)C1O[C@H]1OC(CO)[C@@H](O)C(O)[C@H]1O.CCCCCCCCCCCCCCCCO[C@H](CC)COP(=O)(O)O[C@@H]1C(O[C@@H]2OC(CO)[C@H](O)[C@H](O)C2O)C(O)[C@@H](O)[C@H](O)C1O. The Morgan fingerprint density at radius 2 is 0.562 bits per heavy atom. The zero-order valence-corrected chi connectivity index (χ0v) is 58.9. The van der Waals surface area contributed by atoms with Crippen LogP contribution in [-0.2, 0) is 55.6 Å². The maximum Gasteiger partial charge on any atom is 0.472 e. The minimum absolute atomic E-state index is 0.350. The van der Waals surface area contributed by atoms with Crippen molar-refractivity contribution in [3.63, 3.8) is 0 Å². The predicted octanol–water partition coefficient (Wildman–Crippen LogP) is 2.81. The summed E-state index contributed by atoms with van der Waals surface area (Å²) in [5, 5.41) is 163. The fourth-order valence-electron chi connectivity index (χ4n) is 12.0. The lowest BCUT2D eigenvalue weighted by molar-refractivity contribution is -0.338. The molecule has 4 rings (SSSR count). The molecule has 0 aromatic rings. The van der Waals surface area contributed by atoms with Gasteiger partial charge in [0.25, 0.3) is 0 Å². The van der Waals surface area contributed by atoms with E-state index >= 15 is 0 Å². The molecule has 2 saturated heterocycles. The van der Waals surface area contributed by atoms with Crippen molar-refractivity contribution in [2.75, 3.05) is 39.6 Å². The molecule has 4 fully saturated rings. The molecule has 2 heterocycles. The van der Waals surface area contributed by atoms with Crippen LogP contribution >= 0.6 is 15.6 Å². The predicted molar refractivity (Wildman–Crippen MR) is 347 cm³/mol. The fraction of sp³-hybridized carbons (Fsp3) is 1.00. The number of phosphoric acid groups is 2. The van der Waals surface area contributed by atoms with Crippen molar-refractivity contribution in [1.82, 2.24) is 0 Å². The van der Waals surface area contributed by atoms with Gasteiger partial charge in [0.2, 0.25) is 0 Å². The summed E-state index contributed by atoms with van der Waals surface area (Å²) in [5.74, 6) is 0. The lowest BCUT2D eigenvalue weighted by Gasteiger charge is -2.47. The number of aliphatic hydroxyl groups is 16. The molecule has 2 aliphatic carbocycles. The lowest BCUT2D eigenvalue weighted by Crippen LogP contribution is -2.67. The molecule has 4 aliphatic rings. The highest BCUT2D eigenvalue weighted by Gasteiger charge is 2.57. The Morgan fingerprint density at radius 1 is 0.323 bits per heavy atom. The molecule has 2 aliphatic heterocycles. The second-order valence-electron chi connectivity index (χ2n) is 26.2. The van der Waals surface area contributed by atoms with E-state index < -0.39 is 176 Å². The van der Waals surface area contributed by atoms with E-state index in [0.717, 1.165) is 38.5 Å². The standard InChI is InChI=1S/2C32H63O15P/c2*1-3-5-6-7-8-9-10-11-12-13-14-15-16-17-18-43-21(4-2)20-44-48(41,42)47-31-28(39)26(37)25(36)27(38)30(31)46-32-29(40)24(35)23(34)22(19-33)45-32/h2*21-40H,3-20H2,1-2H3,(H,41,42)/t21-,22?,23+,24+,25+,26+,27?,28?,29?,30?,31+,32+;21-,22?,23-,24?,25-,26?,27+,28?,29-,30?,31-,32-/m11/s1. The largest absolute Gasteiger partial charge is 0.472 e. The van der Waals surface area contributed by atoms with Crippen molar-refractivity contribution in [2.24, 2.45) is 0 Å². The maximum absolute atomic E-state index is 12.9. The summed E-state index contributed by atoms with van der Waals surface area (Å²) in [4.78, 5) is 21.0. The van der Waals surface area contributed by atoms with Crippen LogP contribution in [0.3, 0.4) is 0 Å². The van der Waals surface area contributed by atoms with E-state index in [1.165, 1.54) is 141 Å². The van der Waals surface area contributed by atoms with Gasteiger partial charge in [0.15, 0.2) is 12.6 Å². The van der Waals surface area contributed by atoms with Crippen LogP contribution in [0.2, 0.25) is 0 Å². The minimum atomic E-state index is -5.02. The highest BCUT2D eigenvalue weighted by Crippen LogP contribution is 2.49. The van der Waals surface area contributed by atoms with Gasteiger partial charge >= 0.3 is 15.6 Å². The summed E-state index contributed by atoms with van der Waals surface area (Å²) in [5.41, 5.74) is 0. The van der Waals surface area contributed by atoms with Gasteiger partial charge in [0.1, 0.15) is 122 Å². The molecule has 0 radical (unpaired) electrons. The maximum atomic E-state index is 12.9. The Morgan fingerprint density at radius 3 is 0.812 bits per heavy atom. The quantitative estimate of drug-likeness (QED) is 0.0307. The Kier molecular flexibility index (Phi) is 45.8. The molecular weight excluding hydrogens is 1310 g/mol. The molecule has 0 bridgehead atoms. The second-order valence-corrected chi connectivity index (χ2v) is 29.0. The van der Waals surface area contributed by atoms with Crippen LogP contribution < -0.4 is 0 Å². The van der Waals surface area contributed by atoms with Crippen LogP contribution in [-0.4, -0.2) is 278 Å². The number of hydrogen-bond donors (Lipinski definition) is 18. The first-order chi connectivity index (χ1) is 45.8. The van der Waals surface area contributed by atoms with Gasteiger partial charge in [0.05, 0.1) is 38.6 Å². The topological polar surface area (TPSA) is 491 Å². The van der Waals surface area contributed by atoms with Crippen molar-refractivity contribution in [1.29, 1.82) is 0 Å². The van der Waals surface area contributed by atoms with Crippen LogP contribution in [0.5, 0.6) is 0 Å². The van der Waals surface area contributed by atoms with Crippen LogP contribution in [0.4, 0.5) is 0 Å². The van der Waals surface area contributed by atoms with E-state index in [4.69, 9.17) is 46.5 Å². The molecule has 0 amide bonds. The molecule has 0 spiro atoms. The molecule has 0 aromatic carbocycles. The Labute approximate surface area is 567 Å². The summed E-state index contributed by atoms with van der Waals surface area (Å²) < 4.78 is 79.4. The minimum Gasteiger partial charge on any atom is -0.394 e. The van der Waals surface area contributed by atoms with Crippen LogP contribution in [0.1, 0.15) is 220 Å². The zero-order chi connectivity index (χ0) is 71.4. The Hall–Kier alpha value is -0.660. The van der Waals surface area contributed by atoms with Gasteiger partial charge in [-0.15, -0.1) is 0 Å². The number of unbranched alkanes of at least 4 members (excludes halogenated alkanes) is 26. The lowest BCUT2D eigenvalue weighted by atomic mass is 9.84.